The summed E-state index contributed by atoms with van der Waals surface area (Å²) in [7, 11) is -3.04. The molecule has 0 radical (unpaired) electrons. The first kappa shape index (κ1) is 14.3. The molecule has 21 heavy (non-hydrogen) atoms. The maximum absolute atomic E-state index is 11.6. The first-order valence-corrected chi connectivity index (χ1v) is 8.75. The molecule has 3 rings (SSSR count). The molecule has 0 amide bonds. The molecule has 2 unspecified atom stereocenters. The quantitative estimate of drug-likeness (QED) is 0.916. The number of aryl methyl sites for hydroxylation is 1. The van der Waals surface area contributed by atoms with E-state index in [9.17, 15) is 18.3 Å². The highest BCUT2D eigenvalue weighted by molar-refractivity contribution is 7.91. The van der Waals surface area contributed by atoms with Crippen molar-refractivity contribution in [1.29, 1.82) is 0 Å². The van der Waals surface area contributed by atoms with Crippen LogP contribution in [-0.2, 0) is 16.4 Å². The fourth-order valence-electron chi connectivity index (χ4n) is 2.91. The number of nitrogens with zero attached hydrogens (tertiary/aromatic N) is 1. The molecule has 2 aromatic rings. The van der Waals surface area contributed by atoms with Gasteiger partial charge in [-0.1, -0.05) is 6.07 Å². The predicted molar refractivity (Wildman–Crippen MR) is 77.9 cm³/mol. The Balaban J connectivity index is 1.96. The van der Waals surface area contributed by atoms with Crippen molar-refractivity contribution < 1.29 is 17.9 Å². The molecule has 114 valence electrons. The van der Waals surface area contributed by atoms with Crippen molar-refractivity contribution >= 4 is 20.9 Å². The summed E-state index contributed by atoms with van der Waals surface area (Å²) in [6, 6.07) is 5.07. The van der Waals surface area contributed by atoms with E-state index < -0.39 is 21.7 Å². The number of aliphatic hydroxyl groups excluding tert-OH is 1. The van der Waals surface area contributed by atoms with Gasteiger partial charge in [0.25, 0.3) is 0 Å². The van der Waals surface area contributed by atoms with E-state index >= 15 is 0 Å². The highest BCUT2D eigenvalue weighted by Gasteiger charge is 2.33. The highest BCUT2D eigenvalue weighted by Crippen LogP contribution is 2.32. The number of benzene rings is 1. The summed E-state index contributed by atoms with van der Waals surface area (Å²) in [4.78, 5) is 11.6. The lowest BCUT2D eigenvalue weighted by Crippen LogP contribution is -2.14. The maximum Gasteiger partial charge on any atom is 0.419 e. The minimum absolute atomic E-state index is 0.00608. The van der Waals surface area contributed by atoms with E-state index in [1.54, 1.807) is 18.2 Å². The minimum atomic E-state index is -3.04. The molecule has 0 saturated carbocycles. The molecule has 1 aliphatic rings. The van der Waals surface area contributed by atoms with Gasteiger partial charge >= 0.3 is 5.76 Å². The van der Waals surface area contributed by atoms with Crippen molar-refractivity contribution in [3.63, 3.8) is 0 Å². The molecule has 0 spiro atoms. The molecular formula is C14H17NO5S. The molecule has 6 nitrogen and oxygen atoms in total. The summed E-state index contributed by atoms with van der Waals surface area (Å²) >= 11 is 0. The van der Waals surface area contributed by atoms with E-state index in [0.29, 0.717) is 29.6 Å². The van der Waals surface area contributed by atoms with Crippen molar-refractivity contribution in [1.82, 2.24) is 4.57 Å². The predicted octanol–water partition coefficient (Wildman–Crippen LogP) is 1.08. The van der Waals surface area contributed by atoms with Crippen LogP contribution in [0.3, 0.4) is 0 Å². The van der Waals surface area contributed by atoms with Crippen LogP contribution in [0.4, 0.5) is 0 Å². The first-order chi connectivity index (χ1) is 9.91. The summed E-state index contributed by atoms with van der Waals surface area (Å²) < 4.78 is 29.7. The van der Waals surface area contributed by atoms with Crippen molar-refractivity contribution in [2.24, 2.45) is 5.92 Å². The fraction of sp³-hybridized carbons (Fsp3) is 0.500. The van der Waals surface area contributed by atoms with E-state index in [1.807, 2.05) is 6.92 Å². The van der Waals surface area contributed by atoms with Crippen LogP contribution < -0.4 is 5.76 Å². The number of hydrogen-bond donors (Lipinski definition) is 1. The Kier molecular flexibility index (Phi) is 3.41. The lowest BCUT2D eigenvalue weighted by atomic mass is 9.95. The Morgan fingerprint density at radius 3 is 2.86 bits per heavy atom. The van der Waals surface area contributed by atoms with Crippen LogP contribution in [0, 0.1) is 5.92 Å². The van der Waals surface area contributed by atoms with Gasteiger partial charge in [0.2, 0.25) is 0 Å². The smallest absolute Gasteiger partial charge is 0.408 e. The van der Waals surface area contributed by atoms with Crippen LogP contribution in [-0.4, -0.2) is 29.6 Å². The van der Waals surface area contributed by atoms with Gasteiger partial charge in [0.05, 0.1) is 23.1 Å². The monoisotopic (exact) mass is 311 g/mol. The number of hydrogen-bond acceptors (Lipinski definition) is 5. The molecule has 0 bridgehead atoms. The summed E-state index contributed by atoms with van der Waals surface area (Å²) in [6.45, 7) is 2.36. The summed E-state index contributed by atoms with van der Waals surface area (Å²) in [5.41, 5.74) is 1.68. The van der Waals surface area contributed by atoms with Gasteiger partial charge in [0, 0.05) is 12.5 Å². The van der Waals surface area contributed by atoms with Crippen LogP contribution in [0.15, 0.2) is 27.4 Å². The van der Waals surface area contributed by atoms with Gasteiger partial charge in [-0.05, 0) is 31.0 Å². The number of sulfone groups is 1. The Hall–Kier alpha value is -1.60. The summed E-state index contributed by atoms with van der Waals surface area (Å²) in [5.74, 6) is -0.597. The second kappa shape index (κ2) is 4.99. The molecule has 2 atom stereocenters. The second-order valence-corrected chi connectivity index (χ2v) is 7.68. The molecule has 7 heteroatoms. The standard InChI is InChI=1S/C14H17NO5S/c1-2-15-11-4-3-9(7-12(11)20-14(15)17)13(16)10-5-6-21(18,19)8-10/h3-4,7,10,13,16H,2,5-6,8H2,1H3. The molecule has 1 saturated heterocycles. The SMILES string of the molecule is CCn1c(=O)oc2cc(C(O)C3CCS(=O)(=O)C3)ccc21. The van der Waals surface area contributed by atoms with E-state index in [1.165, 1.54) is 4.57 Å². The fourth-order valence-corrected chi connectivity index (χ4v) is 4.74. The zero-order valence-corrected chi connectivity index (χ0v) is 12.5. The number of rotatable bonds is 3. The van der Waals surface area contributed by atoms with Crippen molar-refractivity contribution in [3.05, 3.63) is 34.3 Å². The molecule has 1 aliphatic heterocycles. The largest absolute Gasteiger partial charge is 0.419 e. The Morgan fingerprint density at radius 2 is 2.24 bits per heavy atom. The van der Waals surface area contributed by atoms with Gasteiger partial charge in [-0.2, -0.15) is 0 Å². The molecule has 1 fully saturated rings. The van der Waals surface area contributed by atoms with Crippen molar-refractivity contribution in [2.45, 2.75) is 26.0 Å². The van der Waals surface area contributed by atoms with Gasteiger partial charge in [0.1, 0.15) is 0 Å². The minimum Gasteiger partial charge on any atom is -0.408 e. The van der Waals surface area contributed by atoms with Crippen molar-refractivity contribution in [3.8, 4) is 0 Å². The van der Waals surface area contributed by atoms with Crippen molar-refractivity contribution in [2.75, 3.05) is 11.5 Å². The van der Waals surface area contributed by atoms with Crippen LogP contribution in [0.2, 0.25) is 0 Å². The average Bonchev–Trinajstić information content (AvgIpc) is 2.95. The summed E-state index contributed by atoms with van der Waals surface area (Å²) in [5, 5.41) is 10.4. The molecule has 2 heterocycles. The number of aromatic nitrogens is 1. The topological polar surface area (TPSA) is 89.5 Å². The van der Waals surface area contributed by atoms with E-state index in [-0.39, 0.29) is 17.4 Å². The van der Waals surface area contributed by atoms with Gasteiger partial charge in [-0.15, -0.1) is 0 Å². The molecule has 1 N–H and O–H groups in total. The number of oxazole rings is 1. The van der Waals surface area contributed by atoms with E-state index in [4.69, 9.17) is 4.42 Å². The maximum atomic E-state index is 11.6. The normalized spacial score (nSPS) is 22.7. The Labute approximate surface area is 121 Å². The summed E-state index contributed by atoms with van der Waals surface area (Å²) in [6.07, 6.45) is -0.400. The van der Waals surface area contributed by atoms with Gasteiger partial charge in [-0.25, -0.2) is 13.2 Å². The lowest BCUT2D eigenvalue weighted by Gasteiger charge is -2.16. The van der Waals surface area contributed by atoms with Crippen LogP contribution >= 0.6 is 0 Å². The third kappa shape index (κ3) is 2.51. The molecule has 1 aromatic carbocycles. The van der Waals surface area contributed by atoms with E-state index in [2.05, 4.69) is 0 Å². The van der Waals surface area contributed by atoms with Crippen LogP contribution in [0.5, 0.6) is 0 Å². The molecular weight excluding hydrogens is 294 g/mol. The molecule has 1 aromatic heterocycles. The van der Waals surface area contributed by atoms with Crippen LogP contribution in [0.25, 0.3) is 11.1 Å². The highest BCUT2D eigenvalue weighted by atomic mass is 32.2. The van der Waals surface area contributed by atoms with Gasteiger partial charge in [0.15, 0.2) is 15.4 Å². The first-order valence-electron chi connectivity index (χ1n) is 6.93. The average molecular weight is 311 g/mol. The van der Waals surface area contributed by atoms with E-state index in [0.717, 1.165) is 0 Å². The molecule has 0 aliphatic carbocycles. The second-order valence-electron chi connectivity index (χ2n) is 5.45. The van der Waals surface area contributed by atoms with Gasteiger partial charge in [-0.3, -0.25) is 4.57 Å². The van der Waals surface area contributed by atoms with Crippen LogP contribution in [0.1, 0.15) is 25.0 Å². The van der Waals surface area contributed by atoms with Gasteiger partial charge < -0.3 is 9.52 Å². The number of fused-ring (bicyclic) bond motifs is 1. The zero-order chi connectivity index (χ0) is 15.2. The Bertz CT molecular complexity index is 833. The third-order valence-corrected chi connectivity index (χ3v) is 5.86. The lowest BCUT2D eigenvalue weighted by molar-refractivity contribution is 0.121. The zero-order valence-electron chi connectivity index (χ0n) is 11.7. The third-order valence-electron chi connectivity index (χ3n) is 4.06. The Morgan fingerprint density at radius 1 is 1.48 bits per heavy atom. The number of aliphatic hydroxyl groups is 1.